The minimum Gasteiger partial charge on any atom is -0.395 e. The number of aromatic amines is 1. The Kier molecular flexibility index (Phi) is 6.62. The number of rotatable bonds is 7. The first kappa shape index (κ1) is 23.0. The van der Waals surface area contributed by atoms with E-state index in [2.05, 4.69) is 15.9 Å². The number of anilines is 1. The van der Waals surface area contributed by atoms with E-state index in [0.717, 1.165) is 28.2 Å². The van der Waals surface area contributed by atoms with Gasteiger partial charge in [0.05, 0.1) is 36.7 Å². The number of fused-ring (bicyclic) bond motifs is 1. The Hall–Kier alpha value is -4.15. The molecule has 3 aromatic rings. The van der Waals surface area contributed by atoms with Gasteiger partial charge in [-0.05, 0) is 55.8 Å². The van der Waals surface area contributed by atoms with Crippen LogP contribution in [-0.4, -0.2) is 51.5 Å². The second-order valence-electron chi connectivity index (χ2n) is 8.21. The Morgan fingerprint density at radius 3 is 2.74 bits per heavy atom. The lowest BCUT2D eigenvalue weighted by Crippen LogP contribution is -2.34. The highest BCUT2D eigenvalue weighted by Crippen LogP contribution is 2.39. The van der Waals surface area contributed by atoms with Gasteiger partial charge in [0.25, 0.3) is 11.8 Å². The number of pyridine rings is 1. The number of nitrogens with one attached hydrogen (secondary N) is 1. The SMILES string of the molecule is C#CCN(CCO)C(=O)c1ccc2c(c1)N(Cc1ccccn1)C(=O)/C2=C\c1[nH]c(C)cc1C. The van der Waals surface area contributed by atoms with Crippen molar-refractivity contribution in [3.63, 3.8) is 0 Å². The molecule has 0 unspecified atom stereocenters. The fourth-order valence-corrected chi connectivity index (χ4v) is 4.15. The van der Waals surface area contributed by atoms with Gasteiger partial charge in [-0.2, -0.15) is 0 Å². The van der Waals surface area contributed by atoms with Crippen LogP contribution >= 0.6 is 0 Å². The van der Waals surface area contributed by atoms with E-state index in [-0.39, 0.29) is 38.1 Å². The second kappa shape index (κ2) is 9.77. The average molecular weight is 455 g/mol. The van der Waals surface area contributed by atoms with Crippen molar-refractivity contribution in [2.75, 3.05) is 24.6 Å². The van der Waals surface area contributed by atoms with Crippen LogP contribution in [0, 0.1) is 26.2 Å². The molecule has 1 aromatic carbocycles. The molecular weight excluding hydrogens is 428 g/mol. The third kappa shape index (κ3) is 4.49. The molecule has 1 aliphatic rings. The minimum absolute atomic E-state index is 0.0870. The van der Waals surface area contributed by atoms with E-state index in [1.165, 1.54) is 4.90 Å². The summed E-state index contributed by atoms with van der Waals surface area (Å²) in [6, 6.07) is 12.8. The van der Waals surface area contributed by atoms with E-state index >= 15 is 0 Å². The fourth-order valence-electron chi connectivity index (χ4n) is 4.15. The van der Waals surface area contributed by atoms with Crippen LogP contribution in [0.1, 0.15) is 38.6 Å². The largest absolute Gasteiger partial charge is 0.395 e. The predicted octanol–water partition coefficient (Wildman–Crippen LogP) is 3.18. The normalized spacial score (nSPS) is 13.8. The molecule has 0 radical (unpaired) electrons. The number of aliphatic hydroxyl groups excluding tert-OH is 1. The molecule has 7 heteroatoms. The Morgan fingerprint density at radius 2 is 2.09 bits per heavy atom. The lowest BCUT2D eigenvalue weighted by Gasteiger charge is -2.21. The maximum absolute atomic E-state index is 13.6. The molecule has 3 heterocycles. The smallest absolute Gasteiger partial charge is 0.259 e. The van der Waals surface area contributed by atoms with Crippen LogP contribution in [0.4, 0.5) is 5.69 Å². The molecule has 0 saturated heterocycles. The first-order valence-electron chi connectivity index (χ1n) is 11.0. The molecule has 0 spiro atoms. The van der Waals surface area contributed by atoms with Crippen molar-refractivity contribution < 1.29 is 14.7 Å². The number of hydrogen-bond donors (Lipinski definition) is 2. The lowest BCUT2D eigenvalue weighted by atomic mass is 10.0. The molecule has 1 aliphatic heterocycles. The Balaban J connectivity index is 1.79. The summed E-state index contributed by atoms with van der Waals surface area (Å²) in [5, 5.41) is 9.32. The topological polar surface area (TPSA) is 89.5 Å². The zero-order chi connectivity index (χ0) is 24.2. The highest BCUT2D eigenvalue weighted by molar-refractivity contribution is 6.36. The van der Waals surface area contributed by atoms with Gasteiger partial charge in [0.15, 0.2) is 0 Å². The van der Waals surface area contributed by atoms with Crippen molar-refractivity contribution in [3.05, 3.63) is 82.4 Å². The van der Waals surface area contributed by atoms with Crippen LogP contribution in [0.5, 0.6) is 0 Å². The maximum atomic E-state index is 13.6. The van der Waals surface area contributed by atoms with Crippen molar-refractivity contribution in [2.24, 2.45) is 0 Å². The molecule has 7 nitrogen and oxygen atoms in total. The first-order chi connectivity index (χ1) is 16.4. The number of H-pyrrole nitrogens is 1. The molecule has 0 saturated carbocycles. The number of hydrogen-bond acceptors (Lipinski definition) is 4. The second-order valence-corrected chi connectivity index (χ2v) is 8.21. The molecule has 2 N–H and O–H groups in total. The van der Waals surface area contributed by atoms with Gasteiger partial charge in [-0.3, -0.25) is 14.6 Å². The number of amides is 2. The summed E-state index contributed by atoms with van der Waals surface area (Å²) in [5.41, 5.74) is 5.99. The Labute approximate surface area is 198 Å². The molecule has 0 bridgehead atoms. The van der Waals surface area contributed by atoms with Gasteiger partial charge in [0.1, 0.15) is 0 Å². The monoisotopic (exact) mass is 454 g/mol. The van der Waals surface area contributed by atoms with E-state index in [9.17, 15) is 14.7 Å². The van der Waals surface area contributed by atoms with Crippen LogP contribution in [-0.2, 0) is 11.3 Å². The average Bonchev–Trinajstić information content (AvgIpc) is 3.29. The van der Waals surface area contributed by atoms with Gasteiger partial charge in [-0.1, -0.05) is 18.1 Å². The first-order valence-corrected chi connectivity index (χ1v) is 11.0. The fraction of sp³-hybridized carbons (Fsp3) is 0.222. The number of carbonyl (C=O) groups is 2. The molecule has 2 aromatic heterocycles. The van der Waals surface area contributed by atoms with Gasteiger partial charge in [-0.25, -0.2) is 0 Å². The molecule has 34 heavy (non-hydrogen) atoms. The quantitative estimate of drug-likeness (QED) is 0.424. The molecule has 0 fully saturated rings. The number of terminal acetylenes is 1. The summed E-state index contributed by atoms with van der Waals surface area (Å²) < 4.78 is 0. The number of aliphatic hydroxyl groups is 1. The molecule has 4 rings (SSSR count). The summed E-state index contributed by atoms with van der Waals surface area (Å²) >= 11 is 0. The van der Waals surface area contributed by atoms with E-state index in [4.69, 9.17) is 6.42 Å². The van der Waals surface area contributed by atoms with Crippen LogP contribution in [0.15, 0.2) is 48.7 Å². The summed E-state index contributed by atoms with van der Waals surface area (Å²) in [6.07, 6.45) is 8.95. The van der Waals surface area contributed by atoms with Crippen molar-refractivity contribution in [1.82, 2.24) is 14.9 Å². The third-order valence-electron chi connectivity index (χ3n) is 5.77. The van der Waals surface area contributed by atoms with Gasteiger partial charge < -0.3 is 19.9 Å². The van der Waals surface area contributed by atoms with Gasteiger partial charge >= 0.3 is 0 Å². The molecule has 0 aliphatic carbocycles. The van der Waals surface area contributed by atoms with Crippen molar-refractivity contribution >= 4 is 29.2 Å². The van der Waals surface area contributed by atoms with Crippen LogP contribution in [0.25, 0.3) is 11.6 Å². The highest BCUT2D eigenvalue weighted by Gasteiger charge is 2.34. The summed E-state index contributed by atoms with van der Waals surface area (Å²) in [7, 11) is 0. The predicted molar refractivity (Wildman–Crippen MR) is 132 cm³/mol. The Morgan fingerprint density at radius 1 is 1.26 bits per heavy atom. The van der Waals surface area contributed by atoms with Crippen LogP contribution < -0.4 is 4.90 Å². The summed E-state index contributed by atoms with van der Waals surface area (Å²) in [6.45, 7) is 4.26. The van der Waals surface area contributed by atoms with Gasteiger partial charge in [-0.15, -0.1) is 6.42 Å². The van der Waals surface area contributed by atoms with E-state index in [0.29, 0.717) is 16.8 Å². The van der Waals surface area contributed by atoms with Gasteiger partial charge in [0.2, 0.25) is 0 Å². The lowest BCUT2D eigenvalue weighted by molar-refractivity contribution is -0.113. The zero-order valence-electron chi connectivity index (χ0n) is 19.2. The minimum atomic E-state index is -0.298. The number of aromatic nitrogens is 2. The van der Waals surface area contributed by atoms with Crippen molar-refractivity contribution in [1.29, 1.82) is 0 Å². The van der Waals surface area contributed by atoms with Crippen molar-refractivity contribution in [3.8, 4) is 12.3 Å². The number of aryl methyl sites for hydroxylation is 2. The standard InChI is InChI=1S/C27H26N4O3/c1-4-11-30(12-13-32)26(33)20-8-9-22-23(16-24-18(2)14-19(3)29-24)27(34)31(25(22)15-20)17-21-7-5-6-10-28-21/h1,5-10,14-16,29,32H,11-13,17H2,2-3H3/b23-16-. The van der Waals surface area contributed by atoms with Crippen LogP contribution in [0.2, 0.25) is 0 Å². The van der Waals surface area contributed by atoms with Crippen LogP contribution in [0.3, 0.4) is 0 Å². The number of nitrogens with zero attached hydrogens (tertiary/aromatic N) is 3. The number of carbonyl (C=O) groups excluding carboxylic acids is 2. The molecule has 2 amide bonds. The van der Waals surface area contributed by atoms with Crippen molar-refractivity contribution in [2.45, 2.75) is 20.4 Å². The third-order valence-corrected chi connectivity index (χ3v) is 5.77. The van der Waals surface area contributed by atoms with Gasteiger partial charge in [0, 0.05) is 35.3 Å². The molecule has 172 valence electrons. The van der Waals surface area contributed by atoms with E-state index in [1.807, 2.05) is 44.2 Å². The highest BCUT2D eigenvalue weighted by atomic mass is 16.3. The summed E-state index contributed by atoms with van der Waals surface area (Å²) in [5.74, 6) is 2.00. The Bertz CT molecular complexity index is 1300. The molecular formula is C27H26N4O3. The molecule has 0 atom stereocenters. The number of benzene rings is 1. The zero-order valence-corrected chi connectivity index (χ0v) is 19.2. The van der Waals surface area contributed by atoms with E-state index in [1.54, 1.807) is 29.3 Å². The summed E-state index contributed by atoms with van der Waals surface area (Å²) in [4.78, 5) is 37.4. The van der Waals surface area contributed by atoms with E-state index < -0.39 is 0 Å². The maximum Gasteiger partial charge on any atom is 0.259 e.